The molecule has 1 rings (SSSR count). The van der Waals surface area contributed by atoms with E-state index in [0.717, 1.165) is 10.0 Å². The summed E-state index contributed by atoms with van der Waals surface area (Å²) < 4.78 is 0.837. The van der Waals surface area contributed by atoms with Gasteiger partial charge in [-0.15, -0.1) is 0 Å². The summed E-state index contributed by atoms with van der Waals surface area (Å²) in [4.78, 5) is 3.89. The maximum Gasteiger partial charge on any atom is 0.147 e. The van der Waals surface area contributed by atoms with E-state index in [2.05, 4.69) is 27.0 Å². The summed E-state index contributed by atoms with van der Waals surface area (Å²) in [6, 6.07) is 2.06. The van der Waals surface area contributed by atoms with Crippen LogP contribution in [-0.2, 0) is 0 Å². The number of rotatable bonds is 1. The lowest BCUT2D eigenvalue weighted by atomic mass is 10.0. The summed E-state index contributed by atoms with van der Waals surface area (Å²) in [5, 5.41) is 9.15. The summed E-state index contributed by atoms with van der Waals surface area (Å²) in [5.41, 5.74) is 1.38. The Morgan fingerprint density at radius 2 is 2.23 bits per heavy atom. The van der Waals surface area contributed by atoms with Gasteiger partial charge in [-0.25, -0.2) is 4.98 Å². The Hall–Kier alpha value is -0.590. The number of nitriles is 1. The fourth-order valence-corrected chi connectivity index (χ4v) is 2.10. The zero-order valence-electron chi connectivity index (χ0n) is 7.31. The summed E-state index contributed by atoms with van der Waals surface area (Å²) >= 11 is 9.14. The van der Waals surface area contributed by atoms with Crippen molar-refractivity contribution in [1.82, 2.24) is 4.98 Å². The largest absolute Gasteiger partial charge is 0.242 e. The van der Waals surface area contributed by atoms with Crippen molar-refractivity contribution >= 4 is 27.5 Å². The van der Waals surface area contributed by atoms with Crippen LogP contribution in [0.5, 0.6) is 0 Å². The number of nitrogens with zero attached hydrogens (tertiary/aromatic N) is 2. The van der Waals surface area contributed by atoms with Crippen LogP contribution in [0.15, 0.2) is 10.7 Å². The van der Waals surface area contributed by atoms with Crippen molar-refractivity contribution in [3.8, 4) is 6.07 Å². The molecule has 0 atom stereocenters. The van der Waals surface area contributed by atoms with E-state index in [1.165, 1.54) is 0 Å². The molecule has 0 amide bonds. The van der Waals surface area contributed by atoms with Crippen LogP contribution in [0, 0.1) is 11.3 Å². The van der Waals surface area contributed by atoms with E-state index in [4.69, 9.17) is 16.9 Å². The molecule has 0 aromatic carbocycles. The summed E-state index contributed by atoms with van der Waals surface area (Å²) in [5.74, 6) is 0.254. The van der Waals surface area contributed by atoms with Crippen LogP contribution in [-0.4, -0.2) is 4.98 Å². The van der Waals surface area contributed by atoms with E-state index in [0.29, 0.717) is 5.56 Å². The molecule has 0 unspecified atom stereocenters. The number of halogens is 2. The first-order valence-electron chi connectivity index (χ1n) is 3.82. The van der Waals surface area contributed by atoms with Crippen molar-refractivity contribution in [2.75, 3.05) is 0 Å². The summed E-state index contributed by atoms with van der Waals surface area (Å²) in [7, 11) is 0. The second-order valence-electron chi connectivity index (χ2n) is 2.95. The molecule has 0 spiro atoms. The van der Waals surface area contributed by atoms with Crippen molar-refractivity contribution in [1.29, 1.82) is 5.26 Å². The Bertz CT molecular complexity index is 369. The van der Waals surface area contributed by atoms with Crippen molar-refractivity contribution in [3.63, 3.8) is 0 Å². The van der Waals surface area contributed by atoms with E-state index < -0.39 is 0 Å². The van der Waals surface area contributed by atoms with Crippen LogP contribution in [0.4, 0.5) is 0 Å². The molecule has 1 heterocycles. The normalized spacial score (nSPS) is 10.2. The molecule has 1 aromatic heterocycles. The van der Waals surface area contributed by atoms with Gasteiger partial charge in [0.1, 0.15) is 11.2 Å². The van der Waals surface area contributed by atoms with Gasteiger partial charge in [0.25, 0.3) is 0 Å². The monoisotopic (exact) mass is 258 g/mol. The second-order valence-corrected chi connectivity index (χ2v) is 4.16. The molecule has 0 radical (unpaired) electrons. The molecule has 0 fully saturated rings. The molecule has 1 aromatic rings. The van der Waals surface area contributed by atoms with E-state index >= 15 is 0 Å². The van der Waals surface area contributed by atoms with Gasteiger partial charge in [0, 0.05) is 10.7 Å². The quantitative estimate of drug-likeness (QED) is 0.724. The minimum atomic E-state index is 0.254. The average Bonchev–Trinajstić information content (AvgIpc) is 2.07. The highest BCUT2D eigenvalue weighted by molar-refractivity contribution is 9.10. The Morgan fingerprint density at radius 3 is 2.62 bits per heavy atom. The number of hydrogen-bond donors (Lipinski definition) is 0. The van der Waals surface area contributed by atoms with Crippen LogP contribution >= 0.6 is 27.5 Å². The number of pyridine rings is 1. The van der Waals surface area contributed by atoms with Gasteiger partial charge in [-0.05, 0) is 27.4 Å². The number of hydrogen-bond acceptors (Lipinski definition) is 2. The fraction of sp³-hybridized carbons (Fsp3) is 0.333. The first-order chi connectivity index (χ1) is 6.07. The molecule has 4 heteroatoms. The minimum absolute atomic E-state index is 0.254. The Kier molecular flexibility index (Phi) is 3.29. The van der Waals surface area contributed by atoms with Gasteiger partial charge in [-0.2, -0.15) is 5.26 Å². The van der Waals surface area contributed by atoms with Gasteiger partial charge in [0.15, 0.2) is 0 Å². The zero-order chi connectivity index (χ0) is 10.0. The molecule has 0 aliphatic carbocycles. The van der Waals surface area contributed by atoms with Gasteiger partial charge in [-0.3, -0.25) is 0 Å². The van der Waals surface area contributed by atoms with Gasteiger partial charge >= 0.3 is 0 Å². The average molecular weight is 260 g/mol. The Morgan fingerprint density at radius 1 is 1.62 bits per heavy atom. The lowest BCUT2D eigenvalue weighted by Crippen LogP contribution is -1.97. The molecule has 0 aliphatic heterocycles. The maximum atomic E-state index is 8.88. The first-order valence-corrected chi connectivity index (χ1v) is 4.99. The topological polar surface area (TPSA) is 36.7 Å². The molecule has 0 bridgehead atoms. The first kappa shape index (κ1) is 10.5. The molecule has 0 aliphatic rings. The summed E-state index contributed by atoms with van der Waals surface area (Å²) in [6.07, 6.45) is 1.62. The Balaban J connectivity index is 3.46. The van der Waals surface area contributed by atoms with E-state index in [1.54, 1.807) is 6.20 Å². The molecule has 68 valence electrons. The van der Waals surface area contributed by atoms with Crippen LogP contribution in [0.2, 0.25) is 5.15 Å². The zero-order valence-corrected chi connectivity index (χ0v) is 9.65. The minimum Gasteiger partial charge on any atom is -0.242 e. The van der Waals surface area contributed by atoms with Crippen molar-refractivity contribution in [2.45, 2.75) is 19.8 Å². The molecule has 0 saturated carbocycles. The van der Waals surface area contributed by atoms with Crippen molar-refractivity contribution in [2.24, 2.45) is 0 Å². The van der Waals surface area contributed by atoms with E-state index in [9.17, 15) is 0 Å². The molecule has 0 N–H and O–H groups in total. The van der Waals surface area contributed by atoms with E-state index in [-0.39, 0.29) is 11.1 Å². The van der Waals surface area contributed by atoms with E-state index in [1.807, 2.05) is 13.8 Å². The van der Waals surface area contributed by atoms with Crippen molar-refractivity contribution < 1.29 is 0 Å². The van der Waals surface area contributed by atoms with Gasteiger partial charge < -0.3 is 0 Å². The van der Waals surface area contributed by atoms with Gasteiger partial charge in [0.05, 0.1) is 5.56 Å². The van der Waals surface area contributed by atoms with Crippen LogP contribution in [0.1, 0.15) is 30.9 Å². The summed E-state index contributed by atoms with van der Waals surface area (Å²) in [6.45, 7) is 4.02. The third-order valence-corrected chi connectivity index (χ3v) is 2.63. The highest BCUT2D eigenvalue weighted by Crippen LogP contribution is 2.30. The van der Waals surface area contributed by atoms with Crippen LogP contribution in [0.3, 0.4) is 0 Å². The highest BCUT2D eigenvalue weighted by atomic mass is 79.9. The van der Waals surface area contributed by atoms with Crippen LogP contribution < -0.4 is 0 Å². The molecule has 2 nitrogen and oxygen atoms in total. The van der Waals surface area contributed by atoms with Gasteiger partial charge in [0.2, 0.25) is 0 Å². The molecule has 0 saturated heterocycles. The highest BCUT2D eigenvalue weighted by Gasteiger charge is 2.14. The standard InChI is InChI=1S/C9H8BrClN2/c1-5(2)8-6(3-12)9(11)13-4-7(8)10/h4-5H,1-2H3. The van der Waals surface area contributed by atoms with Gasteiger partial charge in [-0.1, -0.05) is 25.4 Å². The molecular weight excluding hydrogens is 251 g/mol. The predicted octanol–water partition coefficient (Wildman–Crippen LogP) is 3.49. The second kappa shape index (κ2) is 4.08. The number of aromatic nitrogens is 1. The third-order valence-electron chi connectivity index (χ3n) is 1.71. The maximum absolute atomic E-state index is 8.88. The lowest BCUT2D eigenvalue weighted by Gasteiger charge is -2.10. The van der Waals surface area contributed by atoms with Crippen LogP contribution in [0.25, 0.3) is 0 Å². The molecular formula is C9H8BrClN2. The third kappa shape index (κ3) is 2.01. The fourth-order valence-electron chi connectivity index (χ4n) is 1.15. The Labute approximate surface area is 90.7 Å². The SMILES string of the molecule is CC(C)c1c(Br)cnc(Cl)c1C#N. The van der Waals surface area contributed by atoms with Crippen molar-refractivity contribution in [3.05, 3.63) is 26.9 Å². The molecule has 13 heavy (non-hydrogen) atoms. The predicted molar refractivity (Wildman–Crippen MR) is 55.8 cm³/mol. The lowest BCUT2D eigenvalue weighted by molar-refractivity contribution is 0.852. The smallest absolute Gasteiger partial charge is 0.147 e.